The van der Waals surface area contributed by atoms with Crippen LogP contribution in [-0.4, -0.2) is 9.67 Å². The minimum Gasteiger partial charge on any atom is -0.493 e. The van der Waals surface area contributed by atoms with E-state index in [1.807, 2.05) is 0 Å². The van der Waals surface area contributed by atoms with Crippen LogP contribution in [0.2, 0.25) is 10.0 Å². The summed E-state index contributed by atoms with van der Waals surface area (Å²) in [6.07, 6.45) is -4.57. The zero-order chi connectivity index (χ0) is 18.4. The fourth-order valence-electron chi connectivity index (χ4n) is 2.38. The summed E-state index contributed by atoms with van der Waals surface area (Å²) in [7, 11) is 1.65. The molecule has 0 saturated carbocycles. The first-order valence-electron chi connectivity index (χ1n) is 6.94. The molecular weight excluding hydrogens is 378 g/mol. The van der Waals surface area contributed by atoms with E-state index < -0.39 is 11.7 Å². The number of aryl methyl sites for hydroxylation is 1. The highest BCUT2D eigenvalue weighted by Gasteiger charge is 2.32. The van der Waals surface area contributed by atoms with Crippen molar-refractivity contribution in [2.24, 2.45) is 17.3 Å². The van der Waals surface area contributed by atoms with Crippen LogP contribution in [0.5, 0.6) is 5.88 Å². The fraction of sp³-hybridized carbons (Fsp3) is 0.125. The van der Waals surface area contributed by atoms with E-state index >= 15 is 0 Å². The third-order valence-corrected chi connectivity index (χ3v) is 4.22. The molecule has 9 heteroatoms. The molecule has 0 spiro atoms. The van der Waals surface area contributed by atoms with Gasteiger partial charge < -0.3 is 9.67 Å². The van der Waals surface area contributed by atoms with Crippen LogP contribution in [0.25, 0.3) is 10.9 Å². The van der Waals surface area contributed by atoms with Gasteiger partial charge in [0.2, 0.25) is 5.88 Å². The molecule has 1 aromatic heterocycles. The van der Waals surface area contributed by atoms with Crippen LogP contribution in [0.15, 0.2) is 46.6 Å². The molecule has 0 aliphatic rings. The number of nitrogens with zero attached hydrogens (tertiary/aromatic N) is 3. The van der Waals surface area contributed by atoms with E-state index in [9.17, 15) is 18.3 Å². The predicted molar refractivity (Wildman–Crippen MR) is 90.2 cm³/mol. The second-order valence-electron chi connectivity index (χ2n) is 5.23. The summed E-state index contributed by atoms with van der Waals surface area (Å²) in [6, 6.07) is 8.53. The SMILES string of the molecule is Cn1c(O)c(N=Nc2c(Cl)cc(C(F)(F)F)cc2Cl)c2ccccc21. The number of aromatic nitrogens is 1. The summed E-state index contributed by atoms with van der Waals surface area (Å²) in [5.74, 6) is -0.135. The Labute approximate surface area is 150 Å². The first-order valence-corrected chi connectivity index (χ1v) is 7.70. The zero-order valence-corrected chi connectivity index (χ0v) is 14.2. The highest BCUT2D eigenvalue weighted by atomic mass is 35.5. The Bertz CT molecular complexity index is 973. The first-order chi connectivity index (χ1) is 11.7. The topological polar surface area (TPSA) is 49.9 Å². The van der Waals surface area contributed by atoms with Gasteiger partial charge >= 0.3 is 6.18 Å². The lowest BCUT2D eigenvalue weighted by atomic mass is 10.2. The minimum absolute atomic E-state index is 0.108. The molecule has 2 aromatic carbocycles. The highest BCUT2D eigenvalue weighted by Crippen LogP contribution is 2.42. The van der Waals surface area contributed by atoms with Crippen LogP contribution in [-0.2, 0) is 13.2 Å². The molecule has 3 rings (SSSR count). The monoisotopic (exact) mass is 387 g/mol. The Morgan fingerprint density at radius 2 is 1.56 bits per heavy atom. The molecule has 0 aliphatic heterocycles. The van der Waals surface area contributed by atoms with Crippen LogP contribution < -0.4 is 0 Å². The van der Waals surface area contributed by atoms with E-state index in [1.54, 1.807) is 31.3 Å². The number of hydrogen-bond acceptors (Lipinski definition) is 3. The largest absolute Gasteiger partial charge is 0.493 e. The van der Waals surface area contributed by atoms with Crippen molar-refractivity contribution in [1.29, 1.82) is 0 Å². The van der Waals surface area contributed by atoms with Crippen molar-refractivity contribution < 1.29 is 18.3 Å². The number of alkyl halides is 3. The Morgan fingerprint density at radius 1 is 1.00 bits per heavy atom. The fourth-order valence-corrected chi connectivity index (χ4v) is 2.95. The molecule has 3 aromatic rings. The standard InChI is InChI=1S/C16H10Cl2F3N3O/c1-24-12-5-3-2-4-9(12)13(15(24)25)22-23-14-10(17)6-8(7-11(14)18)16(19,20)21/h2-7,25H,1H3. The Balaban J connectivity index is 2.08. The summed E-state index contributed by atoms with van der Waals surface area (Å²) in [6.45, 7) is 0. The smallest absolute Gasteiger partial charge is 0.416 e. The number of azo groups is 1. The molecule has 0 aliphatic carbocycles. The van der Waals surface area contributed by atoms with Gasteiger partial charge in [0.05, 0.1) is 21.1 Å². The van der Waals surface area contributed by atoms with Gasteiger partial charge in [-0.25, -0.2) is 0 Å². The van der Waals surface area contributed by atoms with Gasteiger partial charge in [-0.3, -0.25) is 0 Å². The van der Waals surface area contributed by atoms with Crippen LogP contribution in [0.3, 0.4) is 0 Å². The molecule has 130 valence electrons. The summed E-state index contributed by atoms with van der Waals surface area (Å²) < 4.78 is 39.8. The number of hydrogen-bond donors (Lipinski definition) is 1. The van der Waals surface area contributed by atoms with E-state index in [4.69, 9.17) is 23.2 Å². The molecule has 1 heterocycles. The summed E-state index contributed by atoms with van der Waals surface area (Å²) in [5, 5.41) is 18.0. The van der Waals surface area contributed by atoms with E-state index in [0.717, 1.165) is 17.6 Å². The van der Waals surface area contributed by atoms with Crippen LogP contribution in [0, 0.1) is 0 Å². The second kappa shape index (κ2) is 6.24. The molecule has 0 fully saturated rings. The normalized spacial score (nSPS) is 12.4. The lowest BCUT2D eigenvalue weighted by Gasteiger charge is -2.09. The van der Waals surface area contributed by atoms with Gasteiger partial charge in [-0.15, -0.1) is 10.2 Å². The molecule has 0 unspecified atom stereocenters. The van der Waals surface area contributed by atoms with Gasteiger partial charge in [0.1, 0.15) is 5.69 Å². The molecule has 1 N–H and O–H groups in total. The van der Waals surface area contributed by atoms with Crippen LogP contribution in [0.1, 0.15) is 5.56 Å². The summed E-state index contributed by atoms with van der Waals surface area (Å²) in [5.41, 5.74) is -0.193. The molecule has 0 amide bonds. The van der Waals surface area contributed by atoms with E-state index in [1.165, 1.54) is 4.57 Å². The predicted octanol–water partition coefficient (Wildman–Crippen LogP) is 6.62. The average molecular weight is 388 g/mol. The van der Waals surface area contributed by atoms with Crippen molar-refractivity contribution in [3.05, 3.63) is 52.0 Å². The van der Waals surface area contributed by atoms with Gasteiger partial charge in [0.25, 0.3) is 0 Å². The summed E-state index contributed by atoms with van der Waals surface area (Å²) in [4.78, 5) is 0. The highest BCUT2D eigenvalue weighted by molar-refractivity contribution is 6.38. The lowest BCUT2D eigenvalue weighted by molar-refractivity contribution is -0.137. The van der Waals surface area contributed by atoms with Crippen molar-refractivity contribution in [3.8, 4) is 5.88 Å². The number of rotatable bonds is 2. The molecule has 0 atom stereocenters. The minimum atomic E-state index is -4.57. The molecule has 25 heavy (non-hydrogen) atoms. The zero-order valence-electron chi connectivity index (χ0n) is 12.6. The maximum atomic E-state index is 12.8. The molecule has 4 nitrogen and oxygen atoms in total. The number of halogens is 5. The van der Waals surface area contributed by atoms with E-state index in [-0.39, 0.29) is 27.3 Å². The van der Waals surface area contributed by atoms with Crippen molar-refractivity contribution >= 4 is 45.5 Å². The van der Waals surface area contributed by atoms with Crippen molar-refractivity contribution in [1.82, 2.24) is 4.57 Å². The van der Waals surface area contributed by atoms with Gasteiger partial charge in [-0.05, 0) is 18.2 Å². The molecule has 0 bridgehead atoms. The third-order valence-electron chi connectivity index (χ3n) is 3.64. The molecular formula is C16H10Cl2F3N3O. The van der Waals surface area contributed by atoms with Crippen molar-refractivity contribution in [2.45, 2.75) is 6.18 Å². The van der Waals surface area contributed by atoms with Crippen LogP contribution in [0.4, 0.5) is 24.5 Å². The summed E-state index contributed by atoms with van der Waals surface area (Å²) >= 11 is 11.7. The Morgan fingerprint density at radius 3 is 2.16 bits per heavy atom. The molecule has 0 radical (unpaired) electrons. The Hall–Kier alpha value is -2.25. The van der Waals surface area contributed by atoms with Crippen molar-refractivity contribution in [3.63, 3.8) is 0 Å². The first kappa shape index (κ1) is 17.6. The van der Waals surface area contributed by atoms with Crippen molar-refractivity contribution in [2.75, 3.05) is 0 Å². The molecule has 0 saturated heterocycles. The van der Waals surface area contributed by atoms with Gasteiger partial charge in [-0.1, -0.05) is 41.4 Å². The van der Waals surface area contributed by atoms with Gasteiger partial charge in [0.15, 0.2) is 5.69 Å². The maximum Gasteiger partial charge on any atom is 0.416 e. The van der Waals surface area contributed by atoms with Crippen LogP contribution >= 0.6 is 23.2 Å². The van der Waals surface area contributed by atoms with E-state index in [0.29, 0.717) is 5.39 Å². The van der Waals surface area contributed by atoms with Gasteiger partial charge in [0, 0.05) is 12.4 Å². The third kappa shape index (κ3) is 3.17. The average Bonchev–Trinajstić information content (AvgIpc) is 2.78. The lowest BCUT2D eigenvalue weighted by Crippen LogP contribution is -2.04. The second-order valence-corrected chi connectivity index (χ2v) is 6.05. The van der Waals surface area contributed by atoms with Gasteiger partial charge in [-0.2, -0.15) is 13.2 Å². The Kier molecular flexibility index (Phi) is 4.38. The quantitative estimate of drug-likeness (QED) is 0.493. The number of para-hydroxylation sites is 1. The maximum absolute atomic E-state index is 12.8. The van der Waals surface area contributed by atoms with E-state index in [2.05, 4.69) is 10.2 Å². The number of benzene rings is 2. The number of fused-ring (bicyclic) bond motifs is 1. The number of aromatic hydroxyl groups is 1.